The van der Waals surface area contributed by atoms with Gasteiger partial charge in [-0.2, -0.15) is 0 Å². The molecule has 15 heavy (non-hydrogen) atoms. The Morgan fingerprint density at radius 1 is 1.60 bits per heavy atom. The van der Waals surface area contributed by atoms with Gasteiger partial charge in [-0.3, -0.25) is 0 Å². The molecule has 1 heterocycles. The first-order chi connectivity index (χ1) is 7.35. The second kappa shape index (κ2) is 5.05. The van der Waals surface area contributed by atoms with Crippen molar-refractivity contribution in [2.75, 3.05) is 20.3 Å². The van der Waals surface area contributed by atoms with Crippen molar-refractivity contribution >= 4 is 11.3 Å². The van der Waals surface area contributed by atoms with Crippen molar-refractivity contribution in [3.05, 3.63) is 16.6 Å². The van der Waals surface area contributed by atoms with E-state index in [1.807, 2.05) is 11.6 Å². The minimum Gasteiger partial charge on any atom is -0.385 e. The van der Waals surface area contributed by atoms with Crippen LogP contribution in [-0.2, 0) is 11.3 Å². The number of hydrogen-bond donors (Lipinski definition) is 1. The smallest absolute Gasteiger partial charge is 0.106 e. The van der Waals surface area contributed by atoms with Crippen molar-refractivity contribution in [1.82, 2.24) is 10.3 Å². The van der Waals surface area contributed by atoms with Gasteiger partial charge in [0.25, 0.3) is 0 Å². The number of nitrogens with zero attached hydrogens (tertiary/aromatic N) is 1. The van der Waals surface area contributed by atoms with Crippen LogP contribution in [0.1, 0.15) is 24.3 Å². The molecule has 0 amide bonds. The predicted molar refractivity (Wildman–Crippen MR) is 62.0 cm³/mol. The van der Waals surface area contributed by atoms with Gasteiger partial charge in [0.15, 0.2) is 0 Å². The Balaban J connectivity index is 1.65. The van der Waals surface area contributed by atoms with E-state index in [0.717, 1.165) is 19.7 Å². The van der Waals surface area contributed by atoms with Crippen LogP contribution in [0.25, 0.3) is 0 Å². The lowest BCUT2D eigenvalue weighted by molar-refractivity contribution is 0.171. The molecule has 1 aliphatic carbocycles. The van der Waals surface area contributed by atoms with Crippen LogP contribution >= 0.6 is 11.3 Å². The highest BCUT2D eigenvalue weighted by molar-refractivity contribution is 7.09. The Labute approximate surface area is 94.9 Å². The van der Waals surface area contributed by atoms with Crippen LogP contribution in [0.2, 0.25) is 0 Å². The molecule has 2 rings (SSSR count). The summed E-state index contributed by atoms with van der Waals surface area (Å²) in [4.78, 5) is 4.25. The molecule has 0 spiro atoms. The topological polar surface area (TPSA) is 34.1 Å². The average Bonchev–Trinajstić information content (AvgIpc) is 2.81. The van der Waals surface area contributed by atoms with Gasteiger partial charge in [-0.25, -0.2) is 4.98 Å². The first kappa shape index (κ1) is 11.0. The zero-order valence-electron chi connectivity index (χ0n) is 9.16. The van der Waals surface area contributed by atoms with Crippen molar-refractivity contribution in [3.8, 4) is 0 Å². The molecule has 0 bridgehead atoms. The number of hydrogen-bond acceptors (Lipinski definition) is 4. The third kappa shape index (κ3) is 3.26. The van der Waals surface area contributed by atoms with E-state index in [0.29, 0.717) is 5.41 Å². The highest BCUT2D eigenvalue weighted by atomic mass is 32.1. The van der Waals surface area contributed by atoms with Gasteiger partial charge in [0.05, 0.1) is 0 Å². The summed E-state index contributed by atoms with van der Waals surface area (Å²) in [5.41, 5.74) is 0.535. The van der Waals surface area contributed by atoms with Crippen LogP contribution in [0, 0.1) is 5.41 Å². The first-order valence-corrected chi connectivity index (χ1v) is 6.31. The van der Waals surface area contributed by atoms with Crippen molar-refractivity contribution in [3.63, 3.8) is 0 Å². The van der Waals surface area contributed by atoms with Gasteiger partial charge in [-0.15, -0.1) is 11.3 Å². The monoisotopic (exact) mass is 226 g/mol. The third-order valence-electron chi connectivity index (χ3n) is 3.05. The molecule has 1 aromatic rings. The van der Waals surface area contributed by atoms with Gasteiger partial charge in [-0.1, -0.05) is 0 Å². The summed E-state index contributed by atoms with van der Waals surface area (Å²) in [6.07, 6.45) is 5.75. The van der Waals surface area contributed by atoms with Crippen LogP contribution in [0.4, 0.5) is 0 Å². The van der Waals surface area contributed by atoms with E-state index in [4.69, 9.17) is 4.74 Å². The molecule has 1 N–H and O–H groups in total. The van der Waals surface area contributed by atoms with E-state index < -0.39 is 0 Å². The van der Waals surface area contributed by atoms with Crippen LogP contribution in [0.15, 0.2) is 11.6 Å². The fourth-order valence-corrected chi connectivity index (χ4v) is 2.37. The normalized spacial score (nSPS) is 17.9. The first-order valence-electron chi connectivity index (χ1n) is 5.43. The second-order valence-corrected chi connectivity index (χ2v) is 5.25. The van der Waals surface area contributed by atoms with E-state index in [1.165, 1.54) is 24.3 Å². The lowest BCUT2D eigenvalue weighted by atomic mass is 10.0. The number of thiazole rings is 1. The summed E-state index contributed by atoms with van der Waals surface area (Å²) in [5.74, 6) is 0. The Morgan fingerprint density at radius 2 is 2.47 bits per heavy atom. The molecule has 84 valence electrons. The third-order valence-corrected chi connectivity index (χ3v) is 3.83. The minimum absolute atomic E-state index is 0.535. The Kier molecular flexibility index (Phi) is 3.72. The van der Waals surface area contributed by atoms with Crippen molar-refractivity contribution in [1.29, 1.82) is 0 Å². The standard InChI is InChI=1S/C11H18N2OS/c1-14-6-4-11(2-3-11)9-12-8-10-13-5-7-15-10/h5,7,12H,2-4,6,8-9H2,1H3. The maximum atomic E-state index is 5.13. The summed E-state index contributed by atoms with van der Waals surface area (Å²) >= 11 is 1.71. The van der Waals surface area contributed by atoms with Crippen molar-refractivity contribution < 1.29 is 4.74 Å². The van der Waals surface area contributed by atoms with Crippen molar-refractivity contribution in [2.24, 2.45) is 5.41 Å². The molecule has 1 aromatic heterocycles. The fourth-order valence-electron chi connectivity index (χ4n) is 1.79. The molecule has 0 atom stereocenters. The van der Waals surface area contributed by atoms with E-state index in [-0.39, 0.29) is 0 Å². The van der Waals surface area contributed by atoms with E-state index in [9.17, 15) is 0 Å². The fraction of sp³-hybridized carbons (Fsp3) is 0.727. The average molecular weight is 226 g/mol. The van der Waals surface area contributed by atoms with Crippen LogP contribution in [-0.4, -0.2) is 25.2 Å². The molecular weight excluding hydrogens is 208 g/mol. The molecule has 4 heteroatoms. The molecule has 0 radical (unpaired) electrons. The lowest BCUT2D eigenvalue weighted by Gasteiger charge is -2.14. The van der Waals surface area contributed by atoms with Crippen LogP contribution < -0.4 is 5.32 Å². The summed E-state index contributed by atoms with van der Waals surface area (Å²) in [6, 6.07) is 0. The second-order valence-electron chi connectivity index (χ2n) is 4.27. The number of ether oxygens (including phenoxy) is 1. The van der Waals surface area contributed by atoms with Gasteiger partial charge >= 0.3 is 0 Å². The minimum atomic E-state index is 0.535. The Hall–Kier alpha value is -0.450. The van der Waals surface area contributed by atoms with E-state index in [1.54, 1.807) is 18.4 Å². The lowest BCUT2D eigenvalue weighted by Crippen LogP contribution is -2.24. The summed E-state index contributed by atoms with van der Waals surface area (Å²) in [7, 11) is 1.78. The highest BCUT2D eigenvalue weighted by Gasteiger charge is 2.41. The van der Waals surface area contributed by atoms with Crippen LogP contribution in [0.5, 0.6) is 0 Å². The largest absolute Gasteiger partial charge is 0.385 e. The number of rotatable bonds is 7. The number of methoxy groups -OCH3 is 1. The maximum absolute atomic E-state index is 5.13. The molecule has 3 nitrogen and oxygen atoms in total. The van der Waals surface area contributed by atoms with Crippen molar-refractivity contribution in [2.45, 2.75) is 25.8 Å². The summed E-state index contributed by atoms with van der Waals surface area (Å²) in [5, 5.41) is 6.69. The predicted octanol–water partition coefficient (Wildman–Crippen LogP) is 2.05. The maximum Gasteiger partial charge on any atom is 0.106 e. The van der Waals surface area contributed by atoms with Gasteiger partial charge in [0.1, 0.15) is 5.01 Å². The summed E-state index contributed by atoms with van der Waals surface area (Å²) < 4.78 is 5.13. The quantitative estimate of drug-likeness (QED) is 0.772. The zero-order valence-corrected chi connectivity index (χ0v) is 9.98. The zero-order chi connectivity index (χ0) is 10.6. The Morgan fingerprint density at radius 3 is 3.07 bits per heavy atom. The van der Waals surface area contributed by atoms with Gasteiger partial charge < -0.3 is 10.1 Å². The van der Waals surface area contributed by atoms with Gasteiger partial charge in [0.2, 0.25) is 0 Å². The highest BCUT2D eigenvalue weighted by Crippen LogP contribution is 2.48. The molecule has 0 aromatic carbocycles. The summed E-state index contributed by atoms with van der Waals surface area (Å²) in [6.45, 7) is 2.90. The van der Waals surface area contributed by atoms with Crippen LogP contribution in [0.3, 0.4) is 0 Å². The van der Waals surface area contributed by atoms with E-state index in [2.05, 4.69) is 10.3 Å². The molecule has 1 fully saturated rings. The molecule has 1 saturated carbocycles. The Bertz CT molecular complexity index is 283. The molecule has 0 saturated heterocycles. The van der Waals surface area contributed by atoms with Gasteiger partial charge in [-0.05, 0) is 24.7 Å². The number of aromatic nitrogens is 1. The SMILES string of the molecule is COCCC1(CNCc2nccs2)CC1. The molecular formula is C11H18N2OS. The van der Waals surface area contributed by atoms with Gasteiger partial charge in [0, 0.05) is 38.4 Å². The molecule has 0 unspecified atom stereocenters. The molecule has 0 aliphatic heterocycles. The molecule has 1 aliphatic rings. The number of nitrogens with one attached hydrogen (secondary N) is 1. The van der Waals surface area contributed by atoms with E-state index >= 15 is 0 Å².